The van der Waals surface area contributed by atoms with Crippen molar-refractivity contribution in [3.63, 3.8) is 0 Å². The number of likely N-dealkylation sites (N-methyl/N-ethyl adjacent to an activating group) is 1. The number of piperazine rings is 1. The third-order valence-electron chi connectivity index (χ3n) is 5.99. The predicted octanol–water partition coefficient (Wildman–Crippen LogP) is 3.19. The first-order valence-corrected chi connectivity index (χ1v) is 11.4. The maximum atomic E-state index is 12.8. The van der Waals surface area contributed by atoms with Crippen LogP contribution in [0.25, 0.3) is 10.9 Å². The van der Waals surface area contributed by atoms with E-state index in [1.54, 1.807) is 27.2 Å². The summed E-state index contributed by atoms with van der Waals surface area (Å²) in [5.74, 6) is 1.68. The summed E-state index contributed by atoms with van der Waals surface area (Å²) in [6.07, 6.45) is 3.35. The molecule has 9 nitrogen and oxygen atoms in total. The molecule has 1 saturated heterocycles. The minimum atomic E-state index is -0.438. The number of esters is 1. The fourth-order valence-corrected chi connectivity index (χ4v) is 4.13. The van der Waals surface area contributed by atoms with E-state index in [2.05, 4.69) is 38.2 Å². The third-order valence-corrected chi connectivity index (χ3v) is 5.99. The number of rotatable bonds is 8. The lowest BCUT2D eigenvalue weighted by Crippen LogP contribution is -2.45. The number of pyridine rings is 2. The first kappa shape index (κ1) is 23.6. The van der Waals surface area contributed by atoms with Gasteiger partial charge in [-0.3, -0.25) is 4.98 Å². The molecule has 0 amide bonds. The van der Waals surface area contributed by atoms with E-state index in [1.165, 1.54) is 6.20 Å². The molecule has 0 unspecified atom stereocenters. The molecule has 4 rings (SSSR count). The van der Waals surface area contributed by atoms with Gasteiger partial charge in [-0.15, -0.1) is 0 Å². The molecule has 1 aliphatic rings. The molecule has 3 heterocycles. The second-order valence-electron chi connectivity index (χ2n) is 8.12. The average Bonchev–Trinajstić information content (AvgIpc) is 2.87. The molecule has 2 aromatic heterocycles. The van der Waals surface area contributed by atoms with E-state index in [-0.39, 0.29) is 6.61 Å². The van der Waals surface area contributed by atoms with Crippen molar-refractivity contribution < 1.29 is 19.0 Å². The van der Waals surface area contributed by atoms with Crippen LogP contribution in [0.4, 0.5) is 11.5 Å². The van der Waals surface area contributed by atoms with Crippen LogP contribution in [0.5, 0.6) is 11.5 Å². The molecule has 1 aromatic carbocycles. The van der Waals surface area contributed by atoms with Gasteiger partial charge >= 0.3 is 5.97 Å². The summed E-state index contributed by atoms with van der Waals surface area (Å²) < 4.78 is 16.3. The molecule has 1 N–H and O–H groups in total. The maximum Gasteiger partial charge on any atom is 0.341 e. The number of nitrogens with zero attached hydrogens (tertiary/aromatic N) is 4. The Balaban J connectivity index is 1.74. The standard InChI is InChI=1S/C25H31N5O4/c1-5-34-25(31)20-16-28-23-19(13-18(32-3)14-21(23)33-4)22(20)27-15-17-7-6-8-26-24(17)30-11-9-29(2)10-12-30/h6-8,13-14,16H,5,9-12,15H2,1-4H3,(H,27,28). The molecular formula is C25H31N5O4. The second kappa shape index (κ2) is 10.6. The highest BCUT2D eigenvalue weighted by Gasteiger charge is 2.21. The van der Waals surface area contributed by atoms with Crippen LogP contribution in [0.15, 0.2) is 36.7 Å². The van der Waals surface area contributed by atoms with E-state index < -0.39 is 5.97 Å². The zero-order chi connectivity index (χ0) is 24.1. The summed E-state index contributed by atoms with van der Waals surface area (Å²) in [7, 11) is 5.31. The maximum absolute atomic E-state index is 12.8. The molecule has 0 saturated carbocycles. The number of methoxy groups -OCH3 is 2. The summed E-state index contributed by atoms with van der Waals surface area (Å²) in [6, 6.07) is 7.61. The van der Waals surface area contributed by atoms with Gasteiger partial charge in [0.25, 0.3) is 0 Å². The lowest BCUT2D eigenvalue weighted by Gasteiger charge is -2.34. The minimum absolute atomic E-state index is 0.272. The normalized spacial score (nSPS) is 14.2. The topological polar surface area (TPSA) is 89.0 Å². The van der Waals surface area contributed by atoms with Crippen LogP contribution in [0.1, 0.15) is 22.8 Å². The van der Waals surface area contributed by atoms with Gasteiger partial charge in [-0.1, -0.05) is 6.07 Å². The Kier molecular flexibility index (Phi) is 7.32. The fraction of sp³-hybridized carbons (Fsp3) is 0.400. The number of benzene rings is 1. The van der Waals surface area contributed by atoms with Crippen molar-refractivity contribution in [1.29, 1.82) is 0 Å². The predicted molar refractivity (Wildman–Crippen MR) is 132 cm³/mol. The van der Waals surface area contributed by atoms with E-state index in [0.29, 0.717) is 40.2 Å². The van der Waals surface area contributed by atoms with Crippen LogP contribution in [0.3, 0.4) is 0 Å². The first-order chi connectivity index (χ1) is 16.5. The number of fused-ring (bicyclic) bond motifs is 1. The van der Waals surface area contributed by atoms with E-state index in [4.69, 9.17) is 14.2 Å². The number of anilines is 2. The van der Waals surface area contributed by atoms with Crippen LogP contribution in [-0.4, -0.2) is 74.9 Å². The van der Waals surface area contributed by atoms with Crippen molar-refractivity contribution in [3.8, 4) is 11.5 Å². The van der Waals surface area contributed by atoms with Crippen LogP contribution in [0.2, 0.25) is 0 Å². The molecule has 0 radical (unpaired) electrons. The van der Waals surface area contributed by atoms with Crippen LogP contribution >= 0.6 is 0 Å². The Morgan fingerprint density at radius 1 is 1.12 bits per heavy atom. The van der Waals surface area contributed by atoms with Crippen molar-refractivity contribution >= 4 is 28.4 Å². The van der Waals surface area contributed by atoms with Crippen LogP contribution in [0, 0.1) is 0 Å². The van der Waals surface area contributed by atoms with Gasteiger partial charge in [-0.2, -0.15) is 0 Å². The monoisotopic (exact) mass is 465 g/mol. The Labute approximate surface area is 199 Å². The number of nitrogens with one attached hydrogen (secondary N) is 1. The van der Waals surface area contributed by atoms with Gasteiger partial charge in [0, 0.05) is 62.1 Å². The van der Waals surface area contributed by atoms with E-state index in [1.807, 2.05) is 18.3 Å². The average molecular weight is 466 g/mol. The smallest absolute Gasteiger partial charge is 0.341 e. The third kappa shape index (κ3) is 4.84. The molecule has 0 spiro atoms. The molecule has 34 heavy (non-hydrogen) atoms. The summed E-state index contributed by atoms with van der Waals surface area (Å²) in [5.41, 5.74) is 2.65. The van der Waals surface area contributed by atoms with Crippen molar-refractivity contribution in [3.05, 3.63) is 47.8 Å². The zero-order valence-electron chi connectivity index (χ0n) is 20.1. The number of hydrogen-bond acceptors (Lipinski definition) is 9. The highest BCUT2D eigenvalue weighted by Crippen LogP contribution is 2.36. The van der Waals surface area contributed by atoms with Crippen molar-refractivity contribution in [2.75, 3.05) is 64.3 Å². The highest BCUT2D eigenvalue weighted by atomic mass is 16.5. The van der Waals surface area contributed by atoms with E-state index >= 15 is 0 Å². The highest BCUT2D eigenvalue weighted by molar-refractivity contribution is 6.06. The number of ether oxygens (including phenoxy) is 3. The van der Waals surface area contributed by atoms with Gasteiger partial charge in [0.1, 0.15) is 28.4 Å². The summed E-state index contributed by atoms with van der Waals surface area (Å²) in [4.78, 5) is 26.6. The van der Waals surface area contributed by atoms with Gasteiger partial charge in [0.05, 0.1) is 26.5 Å². The SMILES string of the molecule is CCOC(=O)c1cnc2c(OC)cc(OC)cc2c1NCc1cccnc1N1CCN(C)CC1. The van der Waals surface area contributed by atoms with Gasteiger partial charge in [0.2, 0.25) is 0 Å². The van der Waals surface area contributed by atoms with E-state index in [9.17, 15) is 4.79 Å². The van der Waals surface area contributed by atoms with Gasteiger partial charge < -0.3 is 29.3 Å². The molecule has 0 bridgehead atoms. The van der Waals surface area contributed by atoms with E-state index in [0.717, 1.165) is 37.6 Å². The largest absolute Gasteiger partial charge is 0.497 e. The number of carbonyl (C=O) groups is 1. The fourth-order valence-electron chi connectivity index (χ4n) is 4.13. The zero-order valence-corrected chi connectivity index (χ0v) is 20.1. The molecule has 180 valence electrons. The molecule has 3 aromatic rings. The molecule has 0 atom stereocenters. The molecule has 1 aliphatic heterocycles. The van der Waals surface area contributed by atoms with Gasteiger partial charge in [-0.05, 0) is 26.1 Å². The summed E-state index contributed by atoms with van der Waals surface area (Å²) >= 11 is 0. The quantitative estimate of drug-likeness (QED) is 0.504. The lowest BCUT2D eigenvalue weighted by molar-refractivity contribution is 0.0527. The number of hydrogen-bond donors (Lipinski definition) is 1. The Hall–Kier alpha value is -3.59. The minimum Gasteiger partial charge on any atom is -0.497 e. The van der Waals surface area contributed by atoms with Crippen LogP contribution in [-0.2, 0) is 11.3 Å². The number of carbonyl (C=O) groups excluding carboxylic acids is 1. The Morgan fingerprint density at radius 2 is 1.91 bits per heavy atom. The molecule has 1 fully saturated rings. The van der Waals surface area contributed by atoms with Crippen molar-refractivity contribution in [2.45, 2.75) is 13.5 Å². The summed E-state index contributed by atoms with van der Waals surface area (Å²) in [6.45, 7) is 6.34. The first-order valence-electron chi connectivity index (χ1n) is 11.4. The molecular weight excluding hydrogens is 434 g/mol. The second-order valence-corrected chi connectivity index (χ2v) is 8.12. The van der Waals surface area contributed by atoms with Crippen molar-refractivity contribution in [2.24, 2.45) is 0 Å². The molecule has 9 heteroatoms. The lowest BCUT2D eigenvalue weighted by atomic mass is 10.1. The van der Waals surface area contributed by atoms with Gasteiger partial charge in [0.15, 0.2) is 0 Å². The Bertz CT molecular complexity index is 1160. The Morgan fingerprint density at radius 3 is 2.62 bits per heavy atom. The molecule has 0 aliphatic carbocycles. The summed E-state index contributed by atoms with van der Waals surface area (Å²) in [5, 5.41) is 4.19. The van der Waals surface area contributed by atoms with Gasteiger partial charge in [-0.25, -0.2) is 9.78 Å². The number of aromatic nitrogens is 2. The van der Waals surface area contributed by atoms with Crippen LogP contribution < -0.4 is 19.7 Å². The van der Waals surface area contributed by atoms with Crippen molar-refractivity contribution in [1.82, 2.24) is 14.9 Å².